The van der Waals surface area contributed by atoms with Crippen molar-refractivity contribution < 1.29 is 14.3 Å². The maximum absolute atomic E-state index is 12.8. The molecule has 1 heterocycles. The number of rotatable bonds is 8. The molecule has 1 aromatic heterocycles. The molecule has 2 aromatic rings. The van der Waals surface area contributed by atoms with Crippen molar-refractivity contribution in [1.82, 2.24) is 14.9 Å². The quantitative estimate of drug-likeness (QED) is 0.715. The van der Waals surface area contributed by atoms with Gasteiger partial charge in [-0.05, 0) is 42.4 Å². The molecule has 6 heteroatoms. The van der Waals surface area contributed by atoms with Crippen molar-refractivity contribution in [3.63, 3.8) is 0 Å². The van der Waals surface area contributed by atoms with Crippen LogP contribution in [0.25, 0.3) is 0 Å². The Labute approximate surface area is 179 Å². The van der Waals surface area contributed by atoms with Crippen molar-refractivity contribution in [1.29, 1.82) is 0 Å². The van der Waals surface area contributed by atoms with Crippen molar-refractivity contribution in [2.24, 2.45) is 11.8 Å². The van der Waals surface area contributed by atoms with Gasteiger partial charge in [0.05, 0.1) is 14.2 Å². The second-order valence-electron chi connectivity index (χ2n) is 8.49. The van der Waals surface area contributed by atoms with E-state index in [-0.39, 0.29) is 11.9 Å². The van der Waals surface area contributed by atoms with E-state index in [9.17, 15) is 4.79 Å². The highest BCUT2D eigenvalue weighted by atomic mass is 16.5. The van der Waals surface area contributed by atoms with Crippen LogP contribution < -0.4 is 14.8 Å². The lowest BCUT2D eigenvalue weighted by Crippen LogP contribution is -2.59. The number of benzene rings is 1. The summed E-state index contributed by atoms with van der Waals surface area (Å²) in [4.78, 5) is 17.2. The molecule has 30 heavy (non-hydrogen) atoms. The third kappa shape index (κ3) is 3.92. The standard InChI is InChI=1S/C24H33N3O3/c1-4-21-25-12-14-27(21)13-11-22(28)26-24-18-8-6-5-7-17(18)23(24)16-9-10-19(29-2)20(15-16)30-3/h9-10,12,14-15,17-18,23-24H,4-8,11,13H2,1-3H3,(H,26,28)/t17-,18+,23+,24+/m1/s1. The van der Waals surface area contributed by atoms with Gasteiger partial charge in [0, 0.05) is 43.7 Å². The van der Waals surface area contributed by atoms with Crippen LogP contribution in [0.4, 0.5) is 0 Å². The molecule has 0 spiro atoms. The number of aryl methyl sites for hydroxylation is 2. The van der Waals surface area contributed by atoms with Crippen LogP contribution in [0.2, 0.25) is 0 Å². The largest absolute Gasteiger partial charge is 0.493 e. The zero-order chi connectivity index (χ0) is 21.1. The lowest BCUT2D eigenvalue weighted by atomic mass is 9.53. The number of nitrogens with zero attached hydrogens (tertiary/aromatic N) is 2. The second kappa shape index (κ2) is 9.11. The summed E-state index contributed by atoms with van der Waals surface area (Å²) < 4.78 is 13.0. The van der Waals surface area contributed by atoms with Crippen molar-refractivity contribution in [3.05, 3.63) is 42.0 Å². The van der Waals surface area contributed by atoms with Gasteiger partial charge in [0.25, 0.3) is 0 Å². The molecule has 0 bridgehead atoms. The summed E-state index contributed by atoms with van der Waals surface area (Å²) in [5, 5.41) is 3.39. The van der Waals surface area contributed by atoms with E-state index in [0.29, 0.717) is 30.7 Å². The van der Waals surface area contributed by atoms with Crippen LogP contribution in [0.3, 0.4) is 0 Å². The molecule has 0 aliphatic heterocycles. The Morgan fingerprint density at radius 2 is 1.93 bits per heavy atom. The molecule has 2 aliphatic carbocycles. The van der Waals surface area contributed by atoms with Crippen LogP contribution in [0, 0.1) is 11.8 Å². The van der Waals surface area contributed by atoms with Crippen molar-refractivity contribution in [2.75, 3.05) is 14.2 Å². The molecule has 2 aliphatic rings. The first kappa shape index (κ1) is 20.8. The molecule has 4 atom stereocenters. The Hall–Kier alpha value is -2.50. The van der Waals surface area contributed by atoms with Gasteiger partial charge in [-0.25, -0.2) is 4.98 Å². The maximum Gasteiger partial charge on any atom is 0.222 e. The number of ether oxygens (including phenoxy) is 2. The van der Waals surface area contributed by atoms with Gasteiger partial charge in [-0.3, -0.25) is 4.79 Å². The van der Waals surface area contributed by atoms with Crippen LogP contribution in [-0.4, -0.2) is 35.7 Å². The van der Waals surface area contributed by atoms with E-state index in [1.165, 1.54) is 31.2 Å². The zero-order valence-corrected chi connectivity index (χ0v) is 18.3. The predicted molar refractivity (Wildman–Crippen MR) is 116 cm³/mol. The molecule has 4 rings (SSSR count). The summed E-state index contributed by atoms with van der Waals surface area (Å²) in [6.45, 7) is 2.76. The van der Waals surface area contributed by atoms with Crippen LogP contribution in [-0.2, 0) is 17.8 Å². The number of methoxy groups -OCH3 is 2. The van der Waals surface area contributed by atoms with Gasteiger partial charge >= 0.3 is 0 Å². The van der Waals surface area contributed by atoms with Gasteiger partial charge in [0.1, 0.15) is 5.82 Å². The topological polar surface area (TPSA) is 65.4 Å². The van der Waals surface area contributed by atoms with E-state index in [0.717, 1.165) is 23.7 Å². The molecule has 1 N–H and O–H groups in total. The Balaban J connectivity index is 1.47. The van der Waals surface area contributed by atoms with Crippen LogP contribution in [0.1, 0.15) is 56.3 Å². The fourth-order valence-corrected chi connectivity index (χ4v) is 5.52. The molecule has 162 valence electrons. The number of carbonyl (C=O) groups excluding carboxylic acids is 1. The molecule has 0 unspecified atom stereocenters. The molecule has 2 saturated carbocycles. The Bertz CT molecular complexity index is 878. The SMILES string of the molecule is CCc1nccn1CCC(=O)N[C@H]1[C@H]2CCCC[C@H]2[C@@H]1c1ccc(OC)c(OC)c1. The number of hydrogen-bond acceptors (Lipinski definition) is 4. The van der Waals surface area contributed by atoms with Gasteiger partial charge in [-0.2, -0.15) is 0 Å². The lowest BCUT2D eigenvalue weighted by molar-refractivity contribution is -0.125. The number of aromatic nitrogens is 2. The fourth-order valence-electron chi connectivity index (χ4n) is 5.52. The van der Waals surface area contributed by atoms with Gasteiger partial charge in [0.15, 0.2) is 11.5 Å². The van der Waals surface area contributed by atoms with E-state index in [1.807, 2.05) is 18.5 Å². The summed E-state index contributed by atoms with van der Waals surface area (Å²) in [6, 6.07) is 6.41. The first-order chi connectivity index (χ1) is 14.7. The molecule has 0 saturated heterocycles. The first-order valence-electron chi connectivity index (χ1n) is 11.2. The minimum absolute atomic E-state index is 0.130. The highest BCUT2D eigenvalue weighted by Crippen LogP contribution is 2.55. The minimum Gasteiger partial charge on any atom is -0.493 e. The molecule has 1 aromatic carbocycles. The van der Waals surface area contributed by atoms with Crippen molar-refractivity contribution in [2.45, 2.75) is 64.0 Å². The molecule has 2 fully saturated rings. The Kier molecular flexibility index (Phi) is 6.30. The average Bonchev–Trinajstić information content (AvgIpc) is 3.24. The van der Waals surface area contributed by atoms with Gasteiger partial charge in [-0.15, -0.1) is 0 Å². The van der Waals surface area contributed by atoms with E-state index < -0.39 is 0 Å². The molecule has 6 nitrogen and oxygen atoms in total. The van der Waals surface area contributed by atoms with Crippen LogP contribution >= 0.6 is 0 Å². The molecular weight excluding hydrogens is 378 g/mol. The number of amides is 1. The Morgan fingerprint density at radius 3 is 2.67 bits per heavy atom. The summed E-state index contributed by atoms with van der Waals surface area (Å²) in [5.41, 5.74) is 1.24. The summed E-state index contributed by atoms with van der Waals surface area (Å²) >= 11 is 0. The second-order valence-corrected chi connectivity index (χ2v) is 8.49. The molecular formula is C24H33N3O3. The lowest BCUT2D eigenvalue weighted by Gasteiger charge is -2.55. The van der Waals surface area contributed by atoms with Gasteiger partial charge in [0.2, 0.25) is 5.91 Å². The number of nitrogens with one attached hydrogen (secondary N) is 1. The molecule has 0 radical (unpaired) electrons. The van der Waals surface area contributed by atoms with E-state index in [2.05, 4.69) is 33.9 Å². The van der Waals surface area contributed by atoms with E-state index >= 15 is 0 Å². The average molecular weight is 412 g/mol. The fraction of sp³-hybridized carbons (Fsp3) is 0.583. The third-order valence-electron chi connectivity index (χ3n) is 7.00. The highest BCUT2D eigenvalue weighted by molar-refractivity contribution is 5.76. The van der Waals surface area contributed by atoms with Crippen molar-refractivity contribution >= 4 is 5.91 Å². The highest BCUT2D eigenvalue weighted by Gasteiger charge is 2.51. The number of hydrogen-bond donors (Lipinski definition) is 1. The summed E-state index contributed by atoms with van der Waals surface area (Å²) in [7, 11) is 3.33. The molecule has 1 amide bonds. The van der Waals surface area contributed by atoms with Gasteiger partial charge in [-0.1, -0.05) is 25.8 Å². The third-order valence-corrected chi connectivity index (χ3v) is 7.00. The summed E-state index contributed by atoms with van der Waals surface area (Å²) in [6.07, 6.45) is 10.1. The minimum atomic E-state index is 0.130. The zero-order valence-electron chi connectivity index (χ0n) is 18.3. The van der Waals surface area contributed by atoms with Crippen molar-refractivity contribution in [3.8, 4) is 11.5 Å². The maximum atomic E-state index is 12.8. The summed E-state index contributed by atoms with van der Waals surface area (Å²) in [5.74, 6) is 4.23. The van der Waals surface area contributed by atoms with E-state index in [1.54, 1.807) is 14.2 Å². The van der Waals surface area contributed by atoms with E-state index in [4.69, 9.17) is 9.47 Å². The number of fused-ring (bicyclic) bond motifs is 1. The van der Waals surface area contributed by atoms with Crippen LogP contribution in [0.5, 0.6) is 11.5 Å². The predicted octanol–water partition coefficient (Wildman–Crippen LogP) is 3.94. The van der Waals surface area contributed by atoms with Gasteiger partial charge < -0.3 is 19.4 Å². The van der Waals surface area contributed by atoms with Crippen LogP contribution in [0.15, 0.2) is 30.6 Å². The number of carbonyl (C=O) groups is 1. The Morgan fingerprint density at radius 1 is 1.17 bits per heavy atom. The monoisotopic (exact) mass is 411 g/mol. The smallest absolute Gasteiger partial charge is 0.222 e. The first-order valence-corrected chi connectivity index (χ1v) is 11.2. The number of imidazole rings is 1. The normalized spacial score (nSPS) is 25.2.